The SMILES string of the molecule is Cc1cc(C(=O)NC[C@H](C)Cn2nc(C)cc2C)on1. The van der Waals surface area contributed by atoms with E-state index in [4.69, 9.17) is 4.52 Å². The number of carbonyl (C=O) groups excluding carboxylic acids is 1. The van der Waals surface area contributed by atoms with Gasteiger partial charge in [-0.15, -0.1) is 0 Å². The Labute approximate surface area is 118 Å². The van der Waals surface area contributed by atoms with Crippen LogP contribution >= 0.6 is 0 Å². The first kappa shape index (κ1) is 14.3. The van der Waals surface area contributed by atoms with Crippen molar-refractivity contribution in [3.05, 3.63) is 35.0 Å². The normalized spacial score (nSPS) is 12.4. The molecule has 0 saturated heterocycles. The lowest BCUT2D eigenvalue weighted by Crippen LogP contribution is -2.30. The zero-order valence-corrected chi connectivity index (χ0v) is 12.3. The zero-order chi connectivity index (χ0) is 14.7. The summed E-state index contributed by atoms with van der Waals surface area (Å²) < 4.78 is 6.88. The van der Waals surface area contributed by atoms with E-state index >= 15 is 0 Å². The van der Waals surface area contributed by atoms with E-state index in [1.807, 2.05) is 24.6 Å². The molecule has 0 aliphatic carbocycles. The fourth-order valence-electron chi connectivity index (χ4n) is 2.04. The zero-order valence-electron chi connectivity index (χ0n) is 12.3. The van der Waals surface area contributed by atoms with Crippen molar-refractivity contribution in [1.82, 2.24) is 20.3 Å². The van der Waals surface area contributed by atoms with E-state index in [0.29, 0.717) is 12.2 Å². The third-order valence-electron chi connectivity index (χ3n) is 3.05. The minimum Gasteiger partial charge on any atom is -0.351 e. The molecule has 2 heterocycles. The van der Waals surface area contributed by atoms with Crippen molar-refractivity contribution in [3.8, 4) is 0 Å². The molecular weight excluding hydrogens is 256 g/mol. The van der Waals surface area contributed by atoms with Gasteiger partial charge < -0.3 is 9.84 Å². The molecule has 0 fully saturated rings. The largest absolute Gasteiger partial charge is 0.351 e. The summed E-state index contributed by atoms with van der Waals surface area (Å²) in [4.78, 5) is 11.8. The highest BCUT2D eigenvalue weighted by atomic mass is 16.5. The number of nitrogens with one attached hydrogen (secondary N) is 1. The fraction of sp³-hybridized carbons (Fsp3) is 0.500. The Kier molecular flexibility index (Phi) is 4.22. The Balaban J connectivity index is 1.84. The molecule has 20 heavy (non-hydrogen) atoms. The minimum absolute atomic E-state index is 0.231. The van der Waals surface area contributed by atoms with Crippen LogP contribution in [0.1, 0.15) is 34.6 Å². The maximum Gasteiger partial charge on any atom is 0.289 e. The van der Waals surface area contributed by atoms with Crippen molar-refractivity contribution in [2.75, 3.05) is 6.54 Å². The minimum atomic E-state index is -0.231. The number of nitrogens with zero attached hydrogens (tertiary/aromatic N) is 3. The highest BCUT2D eigenvalue weighted by Crippen LogP contribution is 2.07. The van der Waals surface area contributed by atoms with Crippen molar-refractivity contribution in [1.29, 1.82) is 0 Å². The van der Waals surface area contributed by atoms with E-state index in [9.17, 15) is 4.79 Å². The van der Waals surface area contributed by atoms with Gasteiger partial charge in [-0.3, -0.25) is 9.48 Å². The Morgan fingerprint density at radius 2 is 2.10 bits per heavy atom. The van der Waals surface area contributed by atoms with Gasteiger partial charge in [0.05, 0.1) is 11.4 Å². The van der Waals surface area contributed by atoms with Crippen LogP contribution in [0, 0.1) is 26.7 Å². The van der Waals surface area contributed by atoms with Crippen molar-refractivity contribution < 1.29 is 9.32 Å². The quantitative estimate of drug-likeness (QED) is 0.904. The number of carbonyl (C=O) groups is 1. The van der Waals surface area contributed by atoms with Crippen molar-refractivity contribution in [2.45, 2.75) is 34.2 Å². The molecule has 108 valence electrons. The summed E-state index contributed by atoms with van der Waals surface area (Å²) in [6.07, 6.45) is 0. The van der Waals surface area contributed by atoms with Gasteiger partial charge in [-0.05, 0) is 32.8 Å². The molecule has 0 unspecified atom stereocenters. The number of aryl methyl sites for hydroxylation is 3. The van der Waals surface area contributed by atoms with E-state index in [2.05, 4.69) is 22.5 Å². The summed E-state index contributed by atoms with van der Waals surface area (Å²) in [6.45, 7) is 9.20. The molecule has 2 rings (SSSR count). The molecule has 1 N–H and O–H groups in total. The lowest BCUT2D eigenvalue weighted by Gasteiger charge is -2.13. The standard InChI is InChI=1S/C14H20N4O2/c1-9(8-18-12(4)5-10(2)16-18)7-15-14(19)13-6-11(3)17-20-13/h5-6,9H,7-8H2,1-4H3,(H,15,19)/t9-/m0/s1. The van der Waals surface area contributed by atoms with Gasteiger partial charge in [-0.25, -0.2) is 0 Å². The van der Waals surface area contributed by atoms with Gasteiger partial charge in [-0.2, -0.15) is 5.10 Å². The summed E-state index contributed by atoms with van der Waals surface area (Å²) in [6, 6.07) is 3.67. The van der Waals surface area contributed by atoms with Crippen molar-refractivity contribution in [3.63, 3.8) is 0 Å². The molecule has 6 heteroatoms. The fourth-order valence-corrected chi connectivity index (χ4v) is 2.04. The number of hydrogen-bond donors (Lipinski definition) is 1. The summed E-state index contributed by atoms with van der Waals surface area (Å²) in [5.74, 6) is 0.299. The van der Waals surface area contributed by atoms with Gasteiger partial charge in [0.2, 0.25) is 5.76 Å². The average Bonchev–Trinajstić information content (AvgIpc) is 2.93. The van der Waals surface area contributed by atoms with Crippen LogP contribution in [0.4, 0.5) is 0 Å². The molecular formula is C14H20N4O2. The predicted octanol–water partition coefficient (Wildman–Crippen LogP) is 1.86. The van der Waals surface area contributed by atoms with Crippen LogP contribution in [0.3, 0.4) is 0 Å². The highest BCUT2D eigenvalue weighted by Gasteiger charge is 2.13. The van der Waals surface area contributed by atoms with E-state index in [0.717, 1.165) is 17.9 Å². The van der Waals surface area contributed by atoms with Gasteiger partial charge in [-0.1, -0.05) is 12.1 Å². The second-order valence-electron chi connectivity index (χ2n) is 5.26. The Morgan fingerprint density at radius 1 is 1.35 bits per heavy atom. The van der Waals surface area contributed by atoms with Crippen LogP contribution in [-0.2, 0) is 6.54 Å². The molecule has 0 saturated carbocycles. The summed E-state index contributed by atoms with van der Waals surface area (Å²) in [5, 5.41) is 11.0. The molecule has 0 aliphatic heterocycles. The Bertz CT molecular complexity index is 600. The predicted molar refractivity (Wildman–Crippen MR) is 74.4 cm³/mol. The van der Waals surface area contributed by atoms with Gasteiger partial charge in [0.15, 0.2) is 0 Å². The molecule has 6 nitrogen and oxygen atoms in total. The van der Waals surface area contributed by atoms with E-state index in [-0.39, 0.29) is 17.6 Å². The smallest absolute Gasteiger partial charge is 0.289 e. The van der Waals surface area contributed by atoms with Gasteiger partial charge in [0.1, 0.15) is 0 Å². The number of amides is 1. The second-order valence-corrected chi connectivity index (χ2v) is 5.26. The molecule has 0 radical (unpaired) electrons. The first-order valence-electron chi connectivity index (χ1n) is 6.68. The average molecular weight is 276 g/mol. The van der Waals surface area contributed by atoms with Crippen LogP contribution in [0.2, 0.25) is 0 Å². The van der Waals surface area contributed by atoms with Crippen LogP contribution < -0.4 is 5.32 Å². The first-order valence-corrected chi connectivity index (χ1v) is 6.68. The monoisotopic (exact) mass is 276 g/mol. The Hall–Kier alpha value is -2.11. The molecule has 0 spiro atoms. The van der Waals surface area contributed by atoms with Crippen LogP contribution in [-0.4, -0.2) is 27.4 Å². The first-order chi connectivity index (χ1) is 9.45. The third kappa shape index (κ3) is 3.46. The number of hydrogen-bond acceptors (Lipinski definition) is 4. The summed E-state index contributed by atoms with van der Waals surface area (Å²) >= 11 is 0. The second kappa shape index (κ2) is 5.90. The number of aromatic nitrogens is 3. The topological polar surface area (TPSA) is 73.0 Å². The van der Waals surface area contributed by atoms with Gasteiger partial charge in [0.25, 0.3) is 5.91 Å². The molecule has 1 atom stereocenters. The van der Waals surface area contributed by atoms with E-state index < -0.39 is 0 Å². The molecule has 2 aromatic rings. The van der Waals surface area contributed by atoms with Gasteiger partial charge >= 0.3 is 0 Å². The van der Waals surface area contributed by atoms with Crippen LogP contribution in [0.15, 0.2) is 16.7 Å². The van der Waals surface area contributed by atoms with Crippen molar-refractivity contribution in [2.24, 2.45) is 5.92 Å². The lowest BCUT2D eigenvalue weighted by molar-refractivity contribution is 0.0909. The van der Waals surface area contributed by atoms with Crippen LogP contribution in [0.5, 0.6) is 0 Å². The highest BCUT2D eigenvalue weighted by molar-refractivity contribution is 5.91. The maximum absolute atomic E-state index is 11.8. The molecule has 0 bridgehead atoms. The summed E-state index contributed by atoms with van der Waals surface area (Å²) in [7, 11) is 0. The van der Waals surface area contributed by atoms with Crippen molar-refractivity contribution >= 4 is 5.91 Å². The molecule has 0 aromatic carbocycles. The van der Waals surface area contributed by atoms with E-state index in [1.165, 1.54) is 0 Å². The molecule has 1 amide bonds. The van der Waals surface area contributed by atoms with Gasteiger partial charge in [0, 0.05) is 24.8 Å². The lowest BCUT2D eigenvalue weighted by atomic mass is 10.2. The van der Waals surface area contributed by atoms with Crippen LogP contribution in [0.25, 0.3) is 0 Å². The third-order valence-corrected chi connectivity index (χ3v) is 3.05. The summed E-state index contributed by atoms with van der Waals surface area (Å²) in [5.41, 5.74) is 2.84. The molecule has 2 aromatic heterocycles. The Morgan fingerprint density at radius 3 is 2.65 bits per heavy atom. The number of rotatable bonds is 5. The maximum atomic E-state index is 11.8. The van der Waals surface area contributed by atoms with E-state index in [1.54, 1.807) is 13.0 Å². The molecule has 0 aliphatic rings.